The van der Waals surface area contributed by atoms with Gasteiger partial charge < -0.3 is 5.32 Å². The number of benzene rings is 1. The number of rotatable bonds is 4. The summed E-state index contributed by atoms with van der Waals surface area (Å²) in [4.78, 5) is 24.2. The number of nitrogens with one attached hydrogen (secondary N) is 1. The number of amides is 1. The molecule has 1 unspecified atom stereocenters. The van der Waals surface area contributed by atoms with Gasteiger partial charge in [0.25, 0.3) is 11.6 Å². The van der Waals surface area contributed by atoms with Gasteiger partial charge in [0.15, 0.2) is 0 Å². The first-order valence-electron chi connectivity index (χ1n) is 8.14. The molecule has 6 nitrogen and oxygen atoms in total. The van der Waals surface area contributed by atoms with E-state index in [1.807, 2.05) is 0 Å². The van der Waals surface area contributed by atoms with Gasteiger partial charge in [0, 0.05) is 10.9 Å². The Hall–Kier alpha value is -2.72. The van der Waals surface area contributed by atoms with Crippen molar-refractivity contribution in [2.75, 3.05) is 5.32 Å². The zero-order valence-corrected chi connectivity index (χ0v) is 14.6. The Bertz CT molecular complexity index is 882. The van der Waals surface area contributed by atoms with Crippen LogP contribution < -0.4 is 5.32 Å². The van der Waals surface area contributed by atoms with Crippen LogP contribution >= 0.6 is 11.3 Å². The van der Waals surface area contributed by atoms with Crippen LogP contribution in [0.4, 0.5) is 10.7 Å². The third-order valence-electron chi connectivity index (χ3n) is 4.63. The van der Waals surface area contributed by atoms with E-state index in [0.717, 1.165) is 36.1 Å². The monoisotopic (exact) mass is 355 g/mol. The molecule has 0 fully saturated rings. The molecule has 3 rings (SSSR count). The maximum Gasteiger partial charge on any atom is 0.282 e. The highest BCUT2D eigenvalue weighted by molar-refractivity contribution is 7.16. The number of nitriles is 1. The number of anilines is 1. The summed E-state index contributed by atoms with van der Waals surface area (Å²) < 4.78 is 0. The molecular weight excluding hydrogens is 338 g/mol. The molecule has 2 aromatic rings. The molecule has 0 bridgehead atoms. The van der Waals surface area contributed by atoms with Crippen molar-refractivity contribution in [1.82, 2.24) is 0 Å². The summed E-state index contributed by atoms with van der Waals surface area (Å²) in [5.41, 5.74) is 1.27. The summed E-state index contributed by atoms with van der Waals surface area (Å²) in [5.74, 6) is 0.0471. The van der Waals surface area contributed by atoms with Crippen LogP contribution in [0.25, 0.3) is 0 Å². The minimum Gasteiger partial charge on any atom is -0.312 e. The summed E-state index contributed by atoms with van der Waals surface area (Å²) in [5, 5.41) is 23.8. The summed E-state index contributed by atoms with van der Waals surface area (Å²) in [7, 11) is 0. The molecule has 1 aliphatic carbocycles. The number of hydrogen-bond acceptors (Lipinski definition) is 5. The van der Waals surface area contributed by atoms with Crippen LogP contribution in [0.15, 0.2) is 24.3 Å². The van der Waals surface area contributed by atoms with Crippen molar-refractivity contribution in [2.24, 2.45) is 5.92 Å². The quantitative estimate of drug-likeness (QED) is 0.653. The highest BCUT2D eigenvalue weighted by Crippen LogP contribution is 2.40. The van der Waals surface area contributed by atoms with Crippen LogP contribution in [0.2, 0.25) is 0 Å². The second kappa shape index (κ2) is 7.03. The molecule has 1 aromatic carbocycles. The Morgan fingerprint density at radius 1 is 1.48 bits per heavy atom. The fourth-order valence-corrected chi connectivity index (χ4v) is 4.51. The zero-order chi connectivity index (χ0) is 18.0. The summed E-state index contributed by atoms with van der Waals surface area (Å²) in [6.07, 6.45) is 3.91. The summed E-state index contributed by atoms with van der Waals surface area (Å²) in [6.45, 7) is 2.16. The number of nitro benzene ring substituents is 1. The van der Waals surface area contributed by atoms with Crippen molar-refractivity contribution in [1.29, 1.82) is 5.26 Å². The third kappa shape index (κ3) is 3.26. The minimum absolute atomic E-state index is 0.00537. The fourth-order valence-electron chi connectivity index (χ4n) is 3.20. The molecule has 1 aliphatic rings. The van der Waals surface area contributed by atoms with Gasteiger partial charge in [-0.05, 0) is 36.8 Å². The molecule has 25 heavy (non-hydrogen) atoms. The molecule has 1 atom stereocenters. The average molecular weight is 355 g/mol. The second-order valence-corrected chi connectivity index (χ2v) is 7.17. The lowest BCUT2D eigenvalue weighted by atomic mass is 9.86. The Morgan fingerprint density at radius 2 is 2.24 bits per heavy atom. The molecule has 1 N–H and O–H groups in total. The van der Waals surface area contributed by atoms with Gasteiger partial charge in [-0.15, -0.1) is 11.3 Å². The van der Waals surface area contributed by atoms with Crippen molar-refractivity contribution in [3.8, 4) is 6.07 Å². The van der Waals surface area contributed by atoms with E-state index in [2.05, 4.69) is 18.3 Å². The third-order valence-corrected chi connectivity index (χ3v) is 5.80. The first kappa shape index (κ1) is 17.1. The van der Waals surface area contributed by atoms with Gasteiger partial charge in [-0.2, -0.15) is 5.26 Å². The van der Waals surface area contributed by atoms with E-state index < -0.39 is 10.8 Å². The molecule has 128 valence electrons. The first-order valence-corrected chi connectivity index (χ1v) is 8.96. The van der Waals surface area contributed by atoms with Gasteiger partial charge in [-0.25, -0.2) is 0 Å². The number of carbonyl (C=O) groups excluding carboxylic acids is 1. The lowest BCUT2D eigenvalue weighted by Crippen LogP contribution is -2.14. The predicted molar refractivity (Wildman–Crippen MR) is 95.9 cm³/mol. The molecule has 1 amide bonds. The molecule has 0 aliphatic heterocycles. The normalized spacial score (nSPS) is 15.9. The smallest absolute Gasteiger partial charge is 0.282 e. The van der Waals surface area contributed by atoms with E-state index in [4.69, 9.17) is 0 Å². The number of nitrogens with zero attached hydrogens (tertiary/aromatic N) is 2. The van der Waals surface area contributed by atoms with Gasteiger partial charge in [0.1, 0.15) is 16.6 Å². The van der Waals surface area contributed by atoms with Gasteiger partial charge in [-0.3, -0.25) is 14.9 Å². The van der Waals surface area contributed by atoms with E-state index in [1.165, 1.54) is 29.5 Å². The van der Waals surface area contributed by atoms with E-state index >= 15 is 0 Å². The molecule has 0 saturated heterocycles. The predicted octanol–water partition coefficient (Wildman–Crippen LogP) is 4.30. The summed E-state index contributed by atoms with van der Waals surface area (Å²) in [6, 6.07) is 8.01. The highest BCUT2D eigenvalue weighted by Gasteiger charge is 2.27. The van der Waals surface area contributed by atoms with E-state index in [9.17, 15) is 20.2 Å². The Labute approximate surface area is 149 Å². The fraction of sp³-hybridized carbons (Fsp3) is 0.333. The number of para-hydroxylation sites is 1. The molecule has 0 spiro atoms. The number of carbonyl (C=O) groups is 1. The second-order valence-electron chi connectivity index (χ2n) is 6.07. The van der Waals surface area contributed by atoms with Crippen LogP contribution in [-0.4, -0.2) is 10.8 Å². The maximum absolute atomic E-state index is 12.5. The number of nitro groups is 1. The zero-order valence-electron chi connectivity index (χ0n) is 13.7. The van der Waals surface area contributed by atoms with E-state index in [1.54, 1.807) is 6.07 Å². The van der Waals surface area contributed by atoms with Crippen molar-refractivity contribution < 1.29 is 9.72 Å². The average Bonchev–Trinajstić information content (AvgIpc) is 2.97. The lowest BCUT2D eigenvalue weighted by Gasteiger charge is -2.20. The molecule has 0 radical (unpaired) electrons. The SMILES string of the molecule is CCC1CCc2c(sc(NC(=O)c3ccccc3[N+](=O)[O-])c2C#N)C1. The Balaban J connectivity index is 1.92. The van der Waals surface area contributed by atoms with Gasteiger partial charge in [0.05, 0.1) is 10.5 Å². The van der Waals surface area contributed by atoms with E-state index in [0.29, 0.717) is 16.5 Å². The molecule has 1 heterocycles. The molecule has 0 saturated carbocycles. The van der Waals surface area contributed by atoms with E-state index in [-0.39, 0.29) is 11.3 Å². The van der Waals surface area contributed by atoms with Crippen LogP contribution in [0.3, 0.4) is 0 Å². The van der Waals surface area contributed by atoms with Gasteiger partial charge in [-0.1, -0.05) is 25.5 Å². The van der Waals surface area contributed by atoms with Crippen molar-refractivity contribution in [2.45, 2.75) is 32.6 Å². The first-order chi connectivity index (χ1) is 12.0. The standard InChI is InChI=1S/C18H17N3O3S/c1-2-11-7-8-12-14(10-19)18(25-16(12)9-11)20-17(22)13-5-3-4-6-15(13)21(23)24/h3-6,11H,2,7-9H2,1H3,(H,20,22). The highest BCUT2D eigenvalue weighted by atomic mass is 32.1. The topological polar surface area (TPSA) is 96.0 Å². The summed E-state index contributed by atoms with van der Waals surface area (Å²) >= 11 is 1.42. The van der Waals surface area contributed by atoms with Gasteiger partial charge >= 0.3 is 0 Å². The molecule has 7 heteroatoms. The van der Waals surface area contributed by atoms with Crippen molar-refractivity contribution in [3.05, 3.63) is 55.9 Å². The van der Waals surface area contributed by atoms with Crippen molar-refractivity contribution in [3.63, 3.8) is 0 Å². The Morgan fingerprint density at radius 3 is 2.92 bits per heavy atom. The number of thiophene rings is 1. The van der Waals surface area contributed by atoms with Crippen molar-refractivity contribution >= 4 is 27.9 Å². The van der Waals surface area contributed by atoms with Crippen LogP contribution in [0.5, 0.6) is 0 Å². The molecular formula is C18H17N3O3S. The molecule has 1 aromatic heterocycles. The minimum atomic E-state index is -0.578. The number of hydrogen-bond donors (Lipinski definition) is 1. The lowest BCUT2D eigenvalue weighted by molar-refractivity contribution is -0.385. The van der Waals surface area contributed by atoms with Crippen LogP contribution in [0.1, 0.15) is 46.1 Å². The van der Waals surface area contributed by atoms with Gasteiger partial charge in [0.2, 0.25) is 0 Å². The van der Waals surface area contributed by atoms with Crippen LogP contribution in [0, 0.1) is 27.4 Å². The number of fused-ring (bicyclic) bond motifs is 1. The maximum atomic E-state index is 12.5. The van der Waals surface area contributed by atoms with Crippen LogP contribution in [-0.2, 0) is 12.8 Å². The Kier molecular flexibility index (Phi) is 4.81. The largest absolute Gasteiger partial charge is 0.312 e.